The van der Waals surface area contributed by atoms with E-state index in [-0.39, 0.29) is 0 Å². The van der Waals surface area contributed by atoms with Crippen LogP contribution in [0.5, 0.6) is 0 Å². The Morgan fingerprint density at radius 3 is 2.29 bits per heavy atom. The van der Waals surface area contributed by atoms with Gasteiger partial charge >= 0.3 is 0 Å². The van der Waals surface area contributed by atoms with Gasteiger partial charge in [-0.1, -0.05) is 17.0 Å². The second-order valence-corrected chi connectivity index (χ2v) is 2.44. The molecule has 0 bridgehead atoms. The minimum atomic E-state index is 0.476. The zero-order chi connectivity index (χ0) is 4.85. The van der Waals surface area contributed by atoms with Crippen LogP contribution in [0.15, 0.2) is 11.1 Å². The fourth-order valence-electron chi connectivity index (χ4n) is 1.38. The third-order valence-electron chi connectivity index (χ3n) is 2.06. The van der Waals surface area contributed by atoms with Gasteiger partial charge in [0.25, 0.3) is 0 Å². The maximum absolute atomic E-state index is 5.61. The molecular formula is C6H7B. The summed E-state index contributed by atoms with van der Waals surface area (Å²) in [5, 5.41) is 0. The van der Waals surface area contributed by atoms with Gasteiger partial charge in [-0.2, -0.15) is 0 Å². The van der Waals surface area contributed by atoms with E-state index in [9.17, 15) is 0 Å². The second-order valence-electron chi connectivity index (χ2n) is 2.44. The molecule has 0 fully saturated rings. The van der Waals surface area contributed by atoms with E-state index < -0.39 is 0 Å². The summed E-state index contributed by atoms with van der Waals surface area (Å²) in [6.07, 6.45) is 3.86. The molecule has 0 aromatic carbocycles. The Balaban J connectivity index is 2.29. The zero-order valence-corrected chi connectivity index (χ0v) is 4.28. The summed E-state index contributed by atoms with van der Waals surface area (Å²) in [6, 6.07) is 0. The van der Waals surface area contributed by atoms with Crippen LogP contribution < -0.4 is 0 Å². The molecular weight excluding hydrogens is 82.9 g/mol. The molecule has 0 spiro atoms. The molecule has 2 rings (SSSR count). The Kier molecular flexibility index (Phi) is 0.517. The Labute approximate surface area is 45.0 Å². The SMILES string of the molecule is [B]C1CC2=C1CC2. The molecule has 34 valence electrons. The van der Waals surface area contributed by atoms with E-state index in [0.29, 0.717) is 5.82 Å². The average molecular weight is 89.9 g/mol. The summed E-state index contributed by atoms with van der Waals surface area (Å²) in [5.41, 5.74) is 3.23. The van der Waals surface area contributed by atoms with E-state index in [2.05, 4.69) is 0 Å². The van der Waals surface area contributed by atoms with Crippen LogP contribution in [-0.2, 0) is 0 Å². The minimum absolute atomic E-state index is 0.476. The van der Waals surface area contributed by atoms with E-state index in [1.165, 1.54) is 19.3 Å². The molecule has 2 aliphatic carbocycles. The van der Waals surface area contributed by atoms with Crippen molar-refractivity contribution in [3.63, 3.8) is 0 Å². The molecule has 0 heterocycles. The van der Waals surface area contributed by atoms with Crippen LogP contribution in [0.25, 0.3) is 0 Å². The van der Waals surface area contributed by atoms with Gasteiger partial charge in [0.05, 0.1) is 7.85 Å². The predicted molar refractivity (Wildman–Crippen MR) is 30.4 cm³/mol. The van der Waals surface area contributed by atoms with Crippen LogP contribution >= 0.6 is 0 Å². The average Bonchev–Trinajstić information content (AvgIpc) is 1.59. The van der Waals surface area contributed by atoms with Crippen LogP contribution in [0.4, 0.5) is 0 Å². The lowest BCUT2D eigenvalue weighted by Gasteiger charge is -2.39. The fraction of sp³-hybridized carbons (Fsp3) is 0.667. The molecule has 0 saturated carbocycles. The second kappa shape index (κ2) is 0.962. The Morgan fingerprint density at radius 1 is 1.43 bits per heavy atom. The highest BCUT2D eigenvalue weighted by Gasteiger charge is 2.30. The standard InChI is InChI=1S/C6H7B/c7-6-3-4-1-2-5(4)6/h6H,1-3H2. The van der Waals surface area contributed by atoms with Crippen molar-refractivity contribution in [3.05, 3.63) is 11.1 Å². The van der Waals surface area contributed by atoms with Crippen molar-refractivity contribution in [2.24, 2.45) is 0 Å². The molecule has 0 amide bonds. The highest BCUT2D eigenvalue weighted by Crippen LogP contribution is 2.50. The largest absolute Gasteiger partial charge is 0.0763 e. The zero-order valence-electron chi connectivity index (χ0n) is 4.28. The van der Waals surface area contributed by atoms with Gasteiger partial charge in [0.15, 0.2) is 0 Å². The van der Waals surface area contributed by atoms with Crippen LogP contribution in [0.3, 0.4) is 0 Å². The van der Waals surface area contributed by atoms with Crippen molar-refractivity contribution in [1.82, 2.24) is 0 Å². The quantitative estimate of drug-likeness (QED) is 0.312. The third kappa shape index (κ3) is 0.298. The lowest BCUT2D eigenvalue weighted by Crippen LogP contribution is -2.21. The number of hydrogen-bond donors (Lipinski definition) is 0. The molecule has 1 atom stereocenters. The molecule has 7 heavy (non-hydrogen) atoms. The van der Waals surface area contributed by atoms with Crippen LogP contribution in [0.1, 0.15) is 19.3 Å². The smallest absolute Gasteiger partial charge is 0.0759 e. The fourth-order valence-corrected chi connectivity index (χ4v) is 1.38. The summed E-state index contributed by atoms with van der Waals surface area (Å²) in [7, 11) is 5.61. The van der Waals surface area contributed by atoms with Crippen molar-refractivity contribution < 1.29 is 0 Å². The Bertz CT molecular complexity index is 135. The lowest BCUT2D eigenvalue weighted by molar-refractivity contribution is 0.598. The molecule has 2 aliphatic rings. The first kappa shape index (κ1) is 3.76. The minimum Gasteiger partial charge on any atom is -0.0759 e. The van der Waals surface area contributed by atoms with Gasteiger partial charge in [-0.25, -0.2) is 0 Å². The summed E-state index contributed by atoms with van der Waals surface area (Å²) in [5.74, 6) is 0.476. The first-order valence-corrected chi connectivity index (χ1v) is 2.84. The molecule has 0 N–H and O–H groups in total. The first-order chi connectivity index (χ1) is 3.38. The molecule has 0 aromatic rings. The van der Waals surface area contributed by atoms with E-state index in [1.54, 1.807) is 11.1 Å². The van der Waals surface area contributed by atoms with Gasteiger partial charge in [-0.05, 0) is 19.3 Å². The molecule has 0 aromatic heterocycles. The number of hydrogen-bond acceptors (Lipinski definition) is 0. The van der Waals surface area contributed by atoms with Crippen molar-refractivity contribution in [2.75, 3.05) is 0 Å². The summed E-state index contributed by atoms with van der Waals surface area (Å²) >= 11 is 0. The Hall–Kier alpha value is -0.195. The van der Waals surface area contributed by atoms with Crippen LogP contribution in [0.2, 0.25) is 5.82 Å². The molecule has 2 radical (unpaired) electrons. The van der Waals surface area contributed by atoms with E-state index in [0.717, 1.165) is 0 Å². The van der Waals surface area contributed by atoms with Gasteiger partial charge in [0.2, 0.25) is 0 Å². The molecule has 0 aliphatic heterocycles. The van der Waals surface area contributed by atoms with E-state index >= 15 is 0 Å². The third-order valence-corrected chi connectivity index (χ3v) is 2.06. The maximum Gasteiger partial charge on any atom is 0.0763 e. The topological polar surface area (TPSA) is 0 Å². The molecule has 1 unspecified atom stereocenters. The Morgan fingerprint density at radius 2 is 2.29 bits per heavy atom. The molecule has 1 heteroatoms. The van der Waals surface area contributed by atoms with E-state index in [4.69, 9.17) is 7.85 Å². The maximum atomic E-state index is 5.61. The normalized spacial score (nSPS) is 36.3. The van der Waals surface area contributed by atoms with Gasteiger partial charge in [-0.15, -0.1) is 0 Å². The van der Waals surface area contributed by atoms with Gasteiger partial charge in [0, 0.05) is 0 Å². The van der Waals surface area contributed by atoms with E-state index in [1.807, 2.05) is 0 Å². The molecule has 0 nitrogen and oxygen atoms in total. The highest BCUT2D eigenvalue weighted by atomic mass is 14.3. The van der Waals surface area contributed by atoms with Crippen molar-refractivity contribution in [2.45, 2.75) is 25.1 Å². The summed E-state index contributed by atoms with van der Waals surface area (Å²) < 4.78 is 0. The first-order valence-electron chi connectivity index (χ1n) is 2.84. The van der Waals surface area contributed by atoms with Gasteiger partial charge in [0.1, 0.15) is 0 Å². The van der Waals surface area contributed by atoms with Crippen LogP contribution in [-0.4, -0.2) is 7.85 Å². The highest BCUT2D eigenvalue weighted by molar-refractivity contribution is 6.15. The lowest BCUT2D eigenvalue weighted by atomic mass is 9.58. The number of allylic oxidation sites excluding steroid dienone is 2. The number of rotatable bonds is 0. The van der Waals surface area contributed by atoms with Gasteiger partial charge < -0.3 is 0 Å². The van der Waals surface area contributed by atoms with Crippen molar-refractivity contribution >= 4 is 7.85 Å². The summed E-state index contributed by atoms with van der Waals surface area (Å²) in [4.78, 5) is 0. The van der Waals surface area contributed by atoms with Crippen molar-refractivity contribution in [1.29, 1.82) is 0 Å². The molecule has 0 saturated heterocycles. The van der Waals surface area contributed by atoms with Gasteiger partial charge in [-0.3, -0.25) is 0 Å². The van der Waals surface area contributed by atoms with Crippen molar-refractivity contribution in [3.8, 4) is 0 Å². The monoisotopic (exact) mass is 90.1 g/mol. The predicted octanol–water partition coefficient (Wildman–Crippen LogP) is 1.44. The van der Waals surface area contributed by atoms with Crippen LogP contribution in [0, 0.1) is 0 Å². The summed E-state index contributed by atoms with van der Waals surface area (Å²) in [6.45, 7) is 0.